The highest BCUT2D eigenvalue weighted by Crippen LogP contribution is 2.01. The Bertz CT molecular complexity index is 410. The summed E-state index contributed by atoms with van der Waals surface area (Å²) < 4.78 is 1.98. The molecule has 0 aromatic carbocycles. The summed E-state index contributed by atoms with van der Waals surface area (Å²) in [5, 5.41) is 18.7. The van der Waals surface area contributed by atoms with Crippen LogP contribution in [0, 0.1) is 0 Å². The lowest BCUT2D eigenvalue weighted by Crippen LogP contribution is -2.08. The van der Waals surface area contributed by atoms with Crippen LogP contribution in [-0.2, 0) is 13.1 Å². The highest BCUT2D eigenvalue weighted by atomic mass is 15.3. The number of anilines is 1. The average Bonchev–Trinajstić information content (AvgIpc) is 2.75. The van der Waals surface area contributed by atoms with Crippen molar-refractivity contribution in [2.45, 2.75) is 20.0 Å². The normalized spacial score (nSPS) is 10.2. The van der Waals surface area contributed by atoms with Gasteiger partial charge in [-0.25, -0.2) is 0 Å². The molecular formula is C9H12N6. The molecule has 0 atom stereocenters. The third kappa shape index (κ3) is 2.28. The summed E-state index contributed by atoms with van der Waals surface area (Å²) in [5.41, 5.74) is 0. The molecule has 15 heavy (non-hydrogen) atoms. The predicted molar refractivity (Wildman–Crippen MR) is 55.1 cm³/mol. The van der Waals surface area contributed by atoms with Crippen molar-refractivity contribution in [1.82, 2.24) is 25.0 Å². The van der Waals surface area contributed by atoms with Crippen molar-refractivity contribution in [1.29, 1.82) is 0 Å². The summed E-state index contributed by atoms with van der Waals surface area (Å²) in [6.07, 6.45) is 3.35. The van der Waals surface area contributed by atoms with Crippen molar-refractivity contribution in [3.05, 3.63) is 30.5 Å². The van der Waals surface area contributed by atoms with Crippen LogP contribution >= 0.6 is 0 Å². The summed E-state index contributed by atoms with van der Waals surface area (Å²) >= 11 is 0. The Morgan fingerprint density at radius 3 is 3.00 bits per heavy atom. The largest absolute Gasteiger partial charge is 0.361 e. The van der Waals surface area contributed by atoms with Crippen molar-refractivity contribution >= 4 is 5.82 Å². The van der Waals surface area contributed by atoms with Crippen molar-refractivity contribution in [3.63, 3.8) is 0 Å². The van der Waals surface area contributed by atoms with Crippen LogP contribution < -0.4 is 5.32 Å². The maximum atomic E-state index is 4.00. The zero-order valence-corrected chi connectivity index (χ0v) is 8.46. The summed E-state index contributed by atoms with van der Waals surface area (Å²) in [6.45, 7) is 3.52. The summed E-state index contributed by atoms with van der Waals surface area (Å²) in [7, 11) is 0. The molecule has 78 valence electrons. The molecule has 2 rings (SSSR count). The van der Waals surface area contributed by atoms with Crippen LogP contribution in [0.2, 0.25) is 0 Å². The van der Waals surface area contributed by atoms with E-state index in [2.05, 4.69) is 32.6 Å². The van der Waals surface area contributed by atoms with Gasteiger partial charge in [-0.1, -0.05) is 0 Å². The lowest BCUT2D eigenvalue weighted by molar-refractivity contribution is 0.706. The Labute approximate surface area is 87.4 Å². The van der Waals surface area contributed by atoms with E-state index >= 15 is 0 Å². The number of aryl methyl sites for hydroxylation is 1. The van der Waals surface area contributed by atoms with Crippen LogP contribution in [-0.4, -0.2) is 25.0 Å². The Hall–Kier alpha value is -1.98. The fraction of sp³-hybridized carbons (Fsp3) is 0.333. The zero-order chi connectivity index (χ0) is 10.5. The summed E-state index contributed by atoms with van der Waals surface area (Å²) in [5.74, 6) is 1.63. The van der Waals surface area contributed by atoms with E-state index in [1.54, 1.807) is 12.5 Å². The molecule has 2 aromatic rings. The molecule has 6 nitrogen and oxygen atoms in total. The first-order valence-electron chi connectivity index (χ1n) is 4.78. The minimum absolute atomic E-state index is 0.604. The summed E-state index contributed by atoms with van der Waals surface area (Å²) in [6, 6.07) is 3.69. The van der Waals surface area contributed by atoms with Crippen LogP contribution in [0.15, 0.2) is 24.7 Å². The van der Waals surface area contributed by atoms with Gasteiger partial charge in [0.1, 0.15) is 12.1 Å². The lowest BCUT2D eigenvalue weighted by Gasteiger charge is -2.04. The topological polar surface area (TPSA) is 68.5 Å². The van der Waals surface area contributed by atoms with E-state index in [0.29, 0.717) is 6.54 Å². The third-order valence-corrected chi connectivity index (χ3v) is 2.04. The van der Waals surface area contributed by atoms with E-state index < -0.39 is 0 Å². The zero-order valence-electron chi connectivity index (χ0n) is 8.46. The van der Waals surface area contributed by atoms with Crippen LogP contribution in [0.25, 0.3) is 0 Å². The quantitative estimate of drug-likeness (QED) is 0.794. The van der Waals surface area contributed by atoms with E-state index in [-0.39, 0.29) is 0 Å². The van der Waals surface area contributed by atoms with Gasteiger partial charge in [-0.15, -0.1) is 15.3 Å². The fourth-order valence-electron chi connectivity index (χ4n) is 1.25. The molecule has 0 saturated carbocycles. The Morgan fingerprint density at radius 1 is 1.33 bits per heavy atom. The molecule has 0 unspecified atom stereocenters. The molecule has 0 fully saturated rings. The van der Waals surface area contributed by atoms with Gasteiger partial charge in [0.15, 0.2) is 5.82 Å². The van der Waals surface area contributed by atoms with Crippen molar-refractivity contribution in [2.24, 2.45) is 0 Å². The van der Waals surface area contributed by atoms with E-state index in [1.165, 1.54) is 0 Å². The first-order valence-corrected chi connectivity index (χ1v) is 4.78. The molecule has 0 aliphatic heterocycles. The minimum Gasteiger partial charge on any atom is -0.361 e. The lowest BCUT2D eigenvalue weighted by atomic mass is 10.5. The van der Waals surface area contributed by atoms with Gasteiger partial charge in [-0.05, 0) is 19.1 Å². The van der Waals surface area contributed by atoms with Crippen LogP contribution in [0.1, 0.15) is 12.7 Å². The third-order valence-electron chi connectivity index (χ3n) is 2.04. The number of nitrogens with one attached hydrogen (secondary N) is 1. The van der Waals surface area contributed by atoms with Gasteiger partial charge in [-0.2, -0.15) is 5.10 Å². The molecule has 0 bridgehead atoms. The van der Waals surface area contributed by atoms with Gasteiger partial charge in [0.2, 0.25) is 0 Å². The van der Waals surface area contributed by atoms with Gasteiger partial charge in [0.25, 0.3) is 0 Å². The van der Waals surface area contributed by atoms with Gasteiger partial charge in [0, 0.05) is 12.7 Å². The van der Waals surface area contributed by atoms with E-state index in [4.69, 9.17) is 0 Å². The molecule has 2 aromatic heterocycles. The number of aromatic nitrogens is 5. The Morgan fingerprint density at radius 2 is 2.27 bits per heavy atom. The van der Waals surface area contributed by atoms with Crippen molar-refractivity contribution in [2.75, 3.05) is 5.32 Å². The van der Waals surface area contributed by atoms with Crippen LogP contribution in [0.5, 0.6) is 0 Å². The van der Waals surface area contributed by atoms with E-state index in [9.17, 15) is 0 Å². The maximum absolute atomic E-state index is 4.00. The predicted octanol–water partition coefficient (Wildman–Crippen LogP) is 0.700. The van der Waals surface area contributed by atoms with E-state index in [1.807, 2.05) is 16.7 Å². The first kappa shape index (κ1) is 9.57. The van der Waals surface area contributed by atoms with Crippen LogP contribution in [0.3, 0.4) is 0 Å². The second-order valence-electron chi connectivity index (χ2n) is 3.00. The molecule has 2 heterocycles. The Balaban J connectivity index is 1.99. The summed E-state index contributed by atoms with van der Waals surface area (Å²) in [4.78, 5) is 0. The van der Waals surface area contributed by atoms with Crippen molar-refractivity contribution < 1.29 is 0 Å². The number of hydrogen-bond donors (Lipinski definition) is 1. The Kier molecular flexibility index (Phi) is 2.87. The molecule has 0 aliphatic rings. The van der Waals surface area contributed by atoms with Gasteiger partial charge in [-0.3, -0.25) is 0 Å². The number of hydrogen-bond acceptors (Lipinski definition) is 5. The standard InChI is InChI=1S/C9H12N6/c1-2-15-7-12-14-9(15)6-10-8-4-3-5-11-13-8/h3-5,7H,2,6H2,1H3,(H,10,13). The van der Waals surface area contributed by atoms with Gasteiger partial charge in [0.05, 0.1) is 6.54 Å². The second-order valence-corrected chi connectivity index (χ2v) is 3.00. The molecule has 1 N–H and O–H groups in total. The molecule has 0 amide bonds. The van der Waals surface area contributed by atoms with Crippen LogP contribution in [0.4, 0.5) is 5.82 Å². The maximum Gasteiger partial charge on any atom is 0.152 e. The second kappa shape index (κ2) is 4.50. The smallest absolute Gasteiger partial charge is 0.152 e. The average molecular weight is 204 g/mol. The monoisotopic (exact) mass is 204 g/mol. The first-order chi connectivity index (χ1) is 7.40. The van der Waals surface area contributed by atoms with E-state index in [0.717, 1.165) is 18.2 Å². The molecular weight excluding hydrogens is 192 g/mol. The SMILES string of the molecule is CCn1cnnc1CNc1cccnn1. The molecule has 0 radical (unpaired) electrons. The highest BCUT2D eigenvalue weighted by Gasteiger charge is 2.01. The van der Waals surface area contributed by atoms with Gasteiger partial charge >= 0.3 is 0 Å². The molecule has 0 saturated heterocycles. The number of rotatable bonds is 4. The number of nitrogens with zero attached hydrogens (tertiary/aromatic N) is 5. The highest BCUT2D eigenvalue weighted by molar-refractivity contribution is 5.31. The molecule has 0 aliphatic carbocycles. The van der Waals surface area contributed by atoms with Crippen molar-refractivity contribution in [3.8, 4) is 0 Å². The fourth-order valence-corrected chi connectivity index (χ4v) is 1.25. The molecule has 0 spiro atoms. The van der Waals surface area contributed by atoms with Gasteiger partial charge < -0.3 is 9.88 Å². The minimum atomic E-state index is 0.604. The molecule has 6 heteroatoms.